The molecule has 0 saturated carbocycles. The van der Waals surface area contributed by atoms with Crippen molar-refractivity contribution >= 4 is 23.2 Å². The summed E-state index contributed by atoms with van der Waals surface area (Å²) in [5, 5.41) is 8.86. The number of hydrogen-bond donors (Lipinski definition) is 0. The summed E-state index contributed by atoms with van der Waals surface area (Å²) in [4.78, 5) is 16.8. The lowest BCUT2D eigenvalue weighted by Crippen LogP contribution is -2.48. The second kappa shape index (κ2) is 7.90. The van der Waals surface area contributed by atoms with Crippen LogP contribution in [0.2, 0.25) is 5.02 Å². The van der Waals surface area contributed by atoms with Crippen LogP contribution in [-0.2, 0) is 0 Å². The molecule has 0 radical (unpaired) electrons. The van der Waals surface area contributed by atoms with E-state index in [9.17, 15) is 4.79 Å². The standard InChI is InChI=1S/C20H20ClN5O2/c1-28-18-7-5-16(6-8-18)26-14-19(22-23-26)20(27)25-11-9-24(10-12-25)17-4-2-3-15(21)13-17/h2-8,13-14H,9-12H2,1H3. The molecular formula is C20H20ClN5O2. The minimum Gasteiger partial charge on any atom is -0.497 e. The predicted octanol–water partition coefficient (Wildman–Crippen LogP) is 2.89. The lowest BCUT2D eigenvalue weighted by molar-refractivity contribution is 0.0741. The molecule has 28 heavy (non-hydrogen) atoms. The maximum atomic E-state index is 12.8. The van der Waals surface area contributed by atoms with Crippen LogP contribution >= 0.6 is 11.6 Å². The van der Waals surface area contributed by atoms with Crippen molar-refractivity contribution in [1.29, 1.82) is 0 Å². The SMILES string of the molecule is COc1ccc(-n2cc(C(=O)N3CCN(c4cccc(Cl)c4)CC3)nn2)cc1. The van der Waals surface area contributed by atoms with Gasteiger partial charge in [0.25, 0.3) is 5.91 Å². The number of rotatable bonds is 4. The third kappa shape index (κ3) is 3.80. The average molecular weight is 398 g/mol. The van der Waals surface area contributed by atoms with Crippen molar-refractivity contribution in [3.63, 3.8) is 0 Å². The van der Waals surface area contributed by atoms with Crippen LogP contribution in [0.1, 0.15) is 10.5 Å². The van der Waals surface area contributed by atoms with Gasteiger partial charge < -0.3 is 14.5 Å². The van der Waals surface area contributed by atoms with E-state index in [0.29, 0.717) is 23.8 Å². The first-order chi connectivity index (χ1) is 13.6. The van der Waals surface area contributed by atoms with Gasteiger partial charge in [-0.2, -0.15) is 0 Å². The van der Waals surface area contributed by atoms with Gasteiger partial charge >= 0.3 is 0 Å². The third-order valence-corrected chi connectivity index (χ3v) is 5.02. The van der Waals surface area contributed by atoms with Crippen molar-refractivity contribution in [3.8, 4) is 11.4 Å². The Labute approximate surface area is 168 Å². The zero-order valence-electron chi connectivity index (χ0n) is 15.5. The van der Waals surface area contributed by atoms with Crippen molar-refractivity contribution in [1.82, 2.24) is 19.9 Å². The van der Waals surface area contributed by atoms with Gasteiger partial charge in [-0.05, 0) is 42.5 Å². The van der Waals surface area contributed by atoms with E-state index in [1.54, 1.807) is 18.0 Å². The maximum Gasteiger partial charge on any atom is 0.276 e. The van der Waals surface area contributed by atoms with Gasteiger partial charge in [0.05, 0.1) is 19.0 Å². The molecule has 2 heterocycles. The van der Waals surface area contributed by atoms with E-state index in [-0.39, 0.29) is 5.91 Å². The van der Waals surface area contributed by atoms with E-state index in [4.69, 9.17) is 16.3 Å². The van der Waals surface area contributed by atoms with Gasteiger partial charge in [0, 0.05) is 36.9 Å². The molecular weight excluding hydrogens is 378 g/mol. The molecule has 1 amide bonds. The van der Waals surface area contributed by atoms with Gasteiger partial charge in [0.1, 0.15) is 5.75 Å². The monoisotopic (exact) mass is 397 g/mol. The minimum atomic E-state index is -0.106. The van der Waals surface area contributed by atoms with Crippen LogP contribution in [0.5, 0.6) is 5.75 Å². The lowest BCUT2D eigenvalue weighted by Gasteiger charge is -2.35. The van der Waals surface area contributed by atoms with Gasteiger partial charge in [0.15, 0.2) is 5.69 Å². The Balaban J connectivity index is 1.41. The molecule has 0 N–H and O–H groups in total. The zero-order valence-corrected chi connectivity index (χ0v) is 16.2. The predicted molar refractivity (Wildman–Crippen MR) is 107 cm³/mol. The second-order valence-electron chi connectivity index (χ2n) is 6.51. The van der Waals surface area contributed by atoms with Gasteiger partial charge in [-0.25, -0.2) is 4.68 Å². The molecule has 1 fully saturated rings. The Kier molecular flexibility index (Phi) is 5.16. The van der Waals surface area contributed by atoms with Crippen molar-refractivity contribution in [2.75, 3.05) is 38.2 Å². The fraction of sp³-hybridized carbons (Fsp3) is 0.250. The summed E-state index contributed by atoms with van der Waals surface area (Å²) in [5.41, 5.74) is 2.23. The average Bonchev–Trinajstić information content (AvgIpc) is 3.24. The summed E-state index contributed by atoms with van der Waals surface area (Å²) in [6.07, 6.45) is 1.66. The molecule has 7 nitrogen and oxygen atoms in total. The molecule has 1 aromatic heterocycles. The molecule has 2 aromatic carbocycles. The van der Waals surface area contributed by atoms with Gasteiger partial charge in [-0.15, -0.1) is 5.10 Å². The Morgan fingerprint density at radius 3 is 2.46 bits per heavy atom. The molecule has 1 saturated heterocycles. The molecule has 0 bridgehead atoms. The quantitative estimate of drug-likeness (QED) is 0.677. The highest BCUT2D eigenvalue weighted by Crippen LogP contribution is 2.21. The summed E-state index contributed by atoms with van der Waals surface area (Å²) >= 11 is 6.08. The summed E-state index contributed by atoms with van der Waals surface area (Å²) < 4.78 is 6.75. The molecule has 4 rings (SSSR count). The van der Waals surface area contributed by atoms with Crippen LogP contribution < -0.4 is 9.64 Å². The normalized spacial score (nSPS) is 14.2. The fourth-order valence-corrected chi connectivity index (χ4v) is 3.41. The Morgan fingerprint density at radius 2 is 1.79 bits per heavy atom. The van der Waals surface area contributed by atoms with E-state index in [1.807, 2.05) is 53.4 Å². The topological polar surface area (TPSA) is 63.5 Å². The minimum absolute atomic E-state index is 0.106. The number of nitrogens with zero attached hydrogens (tertiary/aromatic N) is 5. The van der Waals surface area contributed by atoms with Gasteiger partial charge in [0.2, 0.25) is 0 Å². The summed E-state index contributed by atoms with van der Waals surface area (Å²) in [6, 6.07) is 15.2. The largest absolute Gasteiger partial charge is 0.497 e. The molecule has 0 atom stereocenters. The number of hydrogen-bond acceptors (Lipinski definition) is 5. The Morgan fingerprint density at radius 1 is 1.04 bits per heavy atom. The second-order valence-corrected chi connectivity index (χ2v) is 6.94. The van der Waals surface area contributed by atoms with Crippen LogP contribution in [-0.4, -0.2) is 59.1 Å². The van der Waals surface area contributed by atoms with E-state index in [0.717, 1.165) is 30.2 Å². The van der Waals surface area contributed by atoms with Crippen LogP contribution in [0.15, 0.2) is 54.7 Å². The molecule has 0 unspecified atom stereocenters. The number of anilines is 1. The maximum absolute atomic E-state index is 12.8. The summed E-state index contributed by atoms with van der Waals surface area (Å²) in [6.45, 7) is 2.75. The first-order valence-electron chi connectivity index (χ1n) is 9.00. The molecule has 0 aliphatic carbocycles. The number of benzene rings is 2. The lowest BCUT2D eigenvalue weighted by atomic mass is 10.2. The van der Waals surface area contributed by atoms with Crippen LogP contribution in [0.3, 0.4) is 0 Å². The summed E-state index contributed by atoms with van der Waals surface area (Å²) in [5.74, 6) is 0.656. The number of methoxy groups -OCH3 is 1. The highest BCUT2D eigenvalue weighted by atomic mass is 35.5. The van der Waals surface area contributed by atoms with Gasteiger partial charge in [-0.1, -0.05) is 22.9 Å². The van der Waals surface area contributed by atoms with Crippen molar-refractivity contribution in [2.45, 2.75) is 0 Å². The van der Waals surface area contributed by atoms with E-state index >= 15 is 0 Å². The van der Waals surface area contributed by atoms with E-state index in [2.05, 4.69) is 15.2 Å². The molecule has 0 spiro atoms. The first kappa shape index (κ1) is 18.3. The molecule has 1 aliphatic heterocycles. The third-order valence-electron chi connectivity index (χ3n) is 4.79. The van der Waals surface area contributed by atoms with Crippen molar-refractivity contribution in [3.05, 3.63) is 65.4 Å². The zero-order chi connectivity index (χ0) is 19.5. The van der Waals surface area contributed by atoms with Gasteiger partial charge in [-0.3, -0.25) is 4.79 Å². The number of halogens is 1. The molecule has 144 valence electrons. The highest BCUT2D eigenvalue weighted by molar-refractivity contribution is 6.30. The smallest absolute Gasteiger partial charge is 0.276 e. The van der Waals surface area contributed by atoms with Crippen LogP contribution in [0.25, 0.3) is 5.69 Å². The van der Waals surface area contributed by atoms with Crippen LogP contribution in [0, 0.1) is 0 Å². The van der Waals surface area contributed by atoms with E-state index in [1.165, 1.54) is 0 Å². The molecule has 1 aliphatic rings. The fourth-order valence-electron chi connectivity index (χ4n) is 3.23. The molecule has 3 aromatic rings. The van der Waals surface area contributed by atoms with Crippen LogP contribution in [0.4, 0.5) is 5.69 Å². The number of carbonyl (C=O) groups is 1. The highest BCUT2D eigenvalue weighted by Gasteiger charge is 2.24. The number of aromatic nitrogens is 3. The first-order valence-corrected chi connectivity index (χ1v) is 9.38. The van der Waals surface area contributed by atoms with Crippen molar-refractivity contribution < 1.29 is 9.53 Å². The van der Waals surface area contributed by atoms with E-state index < -0.39 is 0 Å². The molecule has 8 heteroatoms. The number of amides is 1. The number of piperazine rings is 1. The Bertz CT molecular complexity index is 965. The number of carbonyl (C=O) groups excluding carboxylic acids is 1. The Hall–Kier alpha value is -3.06. The summed E-state index contributed by atoms with van der Waals surface area (Å²) in [7, 11) is 1.62. The van der Waals surface area contributed by atoms with Crippen molar-refractivity contribution in [2.24, 2.45) is 0 Å². The number of ether oxygens (including phenoxy) is 1.